The number of carbonyl (C=O) groups is 1. The molecule has 4 nitrogen and oxygen atoms in total. The first-order valence-electron chi connectivity index (χ1n) is 3.38. The molecule has 1 aromatic carbocycles. The predicted molar refractivity (Wildman–Crippen MR) is 45.6 cm³/mol. The molecule has 0 aliphatic rings. The monoisotopic (exact) mass is 215 g/mol. The lowest BCUT2D eigenvalue weighted by atomic mass is 10.3. The molecule has 0 N–H and O–H groups in total. The molecule has 1 amide bonds. The smallest absolute Gasteiger partial charge is 0.405 e. The van der Waals surface area contributed by atoms with Gasteiger partial charge in [0.2, 0.25) is 6.08 Å². The Bertz CT molecular complexity index is 415. The summed E-state index contributed by atoms with van der Waals surface area (Å²) in [7, 11) is 0. The second-order valence-corrected chi connectivity index (χ2v) is 2.58. The fraction of sp³-hybridized carbons (Fsp3) is 0. The molecular formula is C8H3ClFNO3. The highest BCUT2D eigenvalue weighted by Gasteiger charge is 2.08. The number of carbonyl (C=O) groups excluding carboxylic acids is 2. The minimum atomic E-state index is -1.23. The fourth-order valence-electron chi connectivity index (χ4n) is 0.712. The molecule has 0 spiro atoms. The Hall–Kier alpha value is -1.71. The maximum atomic E-state index is 12.9. The summed E-state index contributed by atoms with van der Waals surface area (Å²) >= 11 is 5.45. The van der Waals surface area contributed by atoms with Gasteiger partial charge in [0.15, 0.2) is 11.6 Å². The zero-order chi connectivity index (χ0) is 10.6. The summed E-state index contributed by atoms with van der Waals surface area (Å²) in [5.41, 5.74) is 0. The Morgan fingerprint density at radius 2 is 2.29 bits per heavy atom. The van der Waals surface area contributed by atoms with Gasteiger partial charge < -0.3 is 4.74 Å². The van der Waals surface area contributed by atoms with Crippen LogP contribution in [0.4, 0.5) is 9.18 Å². The number of benzene rings is 1. The Kier molecular flexibility index (Phi) is 3.34. The molecule has 14 heavy (non-hydrogen) atoms. The topological polar surface area (TPSA) is 55.7 Å². The molecule has 0 atom stereocenters. The van der Waals surface area contributed by atoms with E-state index in [4.69, 9.17) is 11.6 Å². The third-order valence-corrected chi connectivity index (χ3v) is 1.46. The summed E-state index contributed by atoms with van der Waals surface area (Å²) in [6, 6.07) is 3.45. The summed E-state index contributed by atoms with van der Waals surface area (Å²) in [4.78, 5) is 22.9. The second kappa shape index (κ2) is 4.50. The van der Waals surface area contributed by atoms with Gasteiger partial charge in [-0.2, -0.15) is 0 Å². The summed E-state index contributed by atoms with van der Waals surface area (Å²) < 4.78 is 17.3. The Labute approximate surface area is 83.0 Å². The molecule has 1 rings (SSSR count). The largest absolute Gasteiger partial charge is 0.450 e. The molecule has 0 radical (unpaired) electrons. The van der Waals surface area contributed by atoms with Crippen molar-refractivity contribution in [1.82, 2.24) is 0 Å². The van der Waals surface area contributed by atoms with Gasteiger partial charge >= 0.3 is 6.09 Å². The highest BCUT2D eigenvalue weighted by molar-refractivity contribution is 6.30. The number of halogens is 2. The Balaban J connectivity index is 2.87. The lowest BCUT2D eigenvalue weighted by Crippen LogP contribution is -2.02. The predicted octanol–water partition coefficient (Wildman–Crippen LogP) is 2.31. The van der Waals surface area contributed by atoms with Crippen molar-refractivity contribution in [3.05, 3.63) is 29.0 Å². The maximum absolute atomic E-state index is 12.9. The van der Waals surface area contributed by atoms with E-state index in [-0.39, 0.29) is 10.8 Å². The van der Waals surface area contributed by atoms with Gasteiger partial charge in [0.05, 0.1) is 0 Å². The van der Waals surface area contributed by atoms with E-state index in [9.17, 15) is 14.0 Å². The van der Waals surface area contributed by atoms with Crippen LogP contribution in [-0.2, 0) is 4.79 Å². The van der Waals surface area contributed by atoms with Crippen molar-refractivity contribution < 1.29 is 18.7 Å². The van der Waals surface area contributed by atoms with Crippen molar-refractivity contribution in [3.63, 3.8) is 0 Å². The van der Waals surface area contributed by atoms with Gasteiger partial charge in [0, 0.05) is 5.02 Å². The van der Waals surface area contributed by atoms with Crippen LogP contribution in [0.1, 0.15) is 0 Å². The highest BCUT2D eigenvalue weighted by atomic mass is 35.5. The minimum absolute atomic E-state index is 0.168. The number of ether oxygens (including phenoxy) is 1. The van der Waals surface area contributed by atoms with Crippen LogP contribution in [-0.4, -0.2) is 12.2 Å². The molecule has 0 saturated heterocycles. The number of aliphatic imine (C=N–C) groups is 1. The van der Waals surface area contributed by atoms with Crippen LogP contribution >= 0.6 is 11.6 Å². The van der Waals surface area contributed by atoms with Crippen LogP contribution in [0.15, 0.2) is 23.2 Å². The van der Waals surface area contributed by atoms with Gasteiger partial charge in [-0.1, -0.05) is 16.6 Å². The Morgan fingerprint density at radius 1 is 1.57 bits per heavy atom. The minimum Gasteiger partial charge on any atom is -0.405 e. The van der Waals surface area contributed by atoms with Crippen molar-refractivity contribution in [1.29, 1.82) is 0 Å². The first-order valence-corrected chi connectivity index (χ1v) is 3.76. The van der Waals surface area contributed by atoms with Gasteiger partial charge in [-0.05, 0) is 18.2 Å². The lowest BCUT2D eigenvalue weighted by molar-refractivity contribution is 0.209. The van der Waals surface area contributed by atoms with Crippen molar-refractivity contribution in [2.45, 2.75) is 0 Å². The second-order valence-electron chi connectivity index (χ2n) is 2.15. The number of hydrogen-bond donors (Lipinski definition) is 0. The van der Waals surface area contributed by atoms with E-state index in [0.717, 1.165) is 18.2 Å². The molecule has 0 aliphatic carbocycles. The van der Waals surface area contributed by atoms with Crippen molar-refractivity contribution in [2.75, 3.05) is 0 Å². The molecule has 72 valence electrons. The normalized spacial score (nSPS) is 9.00. The standard InChI is InChI=1S/C8H3ClFNO3/c9-5-1-2-7(6(10)3-5)14-8(13)11-4-12/h1-3H. The number of nitrogens with zero attached hydrogens (tertiary/aromatic N) is 1. The summed E-state index contributed by atoms with van der Waals surface area (Å²) in [5, 5.41) is 0.168. The number of hydrogen-bond acceptors (Lipinski definition) is 3. The van der Waals surface area contributed by atoms with Crippen LogP contribution in [0.2, 0.25) is 5.02 Å². The quantitative estimate of drug-likeness (QED) is 0.534. The molecule has 0 saturated carbocycles. The summed E-state index contributed by atoms with van der Waals surface area (Å²) in [5.74, 6) is -1.16. The SMILES string of the molecule is O=C=NC(=O)Oc1ccc(Cl)cc1F. The zero-order valence-electron chi connectivity index (χ0n) is 6.66. The number of rotatable bonds is 1. The molecule has 0 bridgehead atoms. The highest BCUT2D eigenvalue weighted by Crippen LogP contribution is 2.21. The van der Waals surface area contributed by atoms with E-state index in [1.807, 2.05) is 0 Å². The fourth-order valence-corrected chi connectivity index (χ4v) is 0.871. The van der Waals surface area contributed by atoms with E-state index >= 15 is 0 Å². The van der Waals surface area contributed by atoms with Crippen molar-refractivity contribution >= 4 is 23.8 Å². The first kappa shape index (κ1) is 10.4. The molecule has 6 heteroatoms. The molecule has 0 heterocycles. The van der Waals surface area contributed by atoms with Gasteiger partial charge in [-0.15, -0.1) is 0 Å². The van der Waals surface area contributed by atoms with Crippen LogP contribution in [0.25, 0.3) is 0 Å². The molecule has 0 aromatic heterocycles. The third kappa shape index (κ3) is 2.65. The van der Waals surface area contributed by atoms with Crippen LogP contribution in [0.3, 0.4) is 0 Å². The van der Waals surface area contributed by atoms with E-state index in [0.29, 0.717) is 0 Å². The molecule has 1 aromatic rings. The van der Waals surface area contributed by atoms with Crippen LogP contribution in [0.5, 0.6) is 5.75 Å². The molecular weight excluding hydrogens is 213 g/mol. The van der Waals surface area contributed by atoms with E-state index in [1.54, 1.807) is 0 Å². The zero-order valence-corrected chi connectivity index (χ0v) is 7.42. The Morgan fingerprint density at radius 3 is 2.86 bits per heavy atom. The van der Waals surface area contributed by atoms with Gasteiger partial charge in [-0.25, -0.2) is 14.0 Å². The van der Waals surface area contributed by atoms with Crippen LogP contribution in [0, 0.1) is 5.82 Å². The number of amides is 1. The first-order chi connectivity index (χ1) is 6.63. The van der Waals surface area contributed by atoms with Gasteiger partial charge in [-0.3, -0.25) is 0 Å². The van der Waals surface area contributed by atoms with Crippen LogP contribution < -0.4 is 4.74 Å². The molecule has 0 fully saturated rings. The summed E-state index contributed by atoms with van der Waals surface area (Å²) in [6.07, 6.45) is -0.264. The molecule has 0 unspecified atom stereocenters. The number of isocyanates is 1. The van der Waals surface area contributed by atoms with Crippen molar-refractivity contribution in [2.24, 2.45) is 4.99 Å². The lowest BCUT2D eigenvalue weighted by Gasteiger charge is -2.00. The molecule has 0 aliphatic heterocycles. The average molecular weight is 216 g/mol. The van der Waals surface area contributed by atoms with E-state index in [2.05, 4.69) is 9.73 Å². The van der Waals surface area contributed by atoms with E-state index < -0.39 is 11.9 Å². The van der Waals surface area contributed by atoms with Crippen molar-refractivity contribution in [3.8, 4) is 5.75 Å². The summed E-state index contributed by atoms with van der Waals surface area (Å²) in [6.45, 7) is 0. The van der Waals surface area contributed by atoms with Gasteiger partial charge in [0.1, 0.15) is 0 Å². The maximum Gasteiger partial charge on any atom is 0.450 e. The van der Waals surface area contributed by atoms with Gasteiger partial charge in [0.25, 0.3) is 0 Å². The third-order valence-electron chi connectivity index (χ3n) is 1.23. The average Bonchev–Trinajstić information content (AvgIpc) is 2.10. The van der Waals surface area contributed by atoms with E-state index in [1.165, 1.54) is 6.07 Å².